The van der Waals surface area contributed by atoms with E-state index in [1.165, 1.54) is 0 Å². The third-order valence-electron chi connectivity index (χ3n) is 5.30. The Morgan fingerprint density at radius 2 is 1.75 bits per heavy atom. The predicted molar refractivity (Wildman–Crippen MR) is 126 cm³/mol. The van der Waals surface area contributed by atoms with Crippen LogP contribution in [0.2, 0.25) is 0 Å². The van der Waals surface area contributed by atoms with Crippen molar-refractivity contribution in [3.05, 3.63) is 59.8 Å². The van der Waals surface area contributed by atoms with E-state index in [9.17, 15) is 4.79 Å². The van der Waals surface area contributed by atoms with Gasteiger partial charge in [-0.2, -0.15) is 4.98 Å². The molecule has 2 N–H and O–H groups in total. The van der Waals surface area contributed by atoms with Crippen molar-refractivity contribution in [1.82, 2.24) is 9.97 Å². The van der Waals surface area contributed by atoms with E-state index in [1.54, 1.807) is 7.11 Å². The number of nitrogens with zero attached hydrogens (tertiary/aromatic N) is 2. The highest BCUT2D eigenvalue weighted by atomic mass is 16.5. The number of rotatable bonds is 7. The first-order chi connectivity index (χ1) is 15.4. The number of fused-ring (bicyclic) bond motifs is 1. The summed E-state index contributed by atoms with van der Waals surface area (Å²) in [5.74, 6) is 2.51. The molecular formula is C25H28N4O3. The lowest BCUT2D eigenvalue weighted by molar-refractivity contribution is 0.0911. The summed E-state index contributed by atoms with van der Waals surface area (Å²) in [4.78, 5) is 22.4. The summed E-state index contributed by atoms with van der Waals surface area (Å²) in [5.41, 5.74) is 2.78. The van der Waals surface area contributed by atoms with Gasteiger partial charge in [-0.15, -0.1) is 0 Å². The fourth-order valence-electron chi connectivity index (χ4n) is 3.88. The summed E-state index contributed by atoms with van der Waals surface area (Å²) in [7, 11) is 1.62. The number of hydrogen-bond acceptors (Lipinski definition) is 7. The first-order valence-electron chi connectivity index (χ1n) is 10.7. The van der Waals surface area contributed by atoms with Crippen LogP contribution in [0.1, 0.15) is 43.2 Å². The quantitative estimate of drug-likeness (QED) is 0.508. The molecule has 0 atom stereocenters. The average Bonchev–Trinajstić information content (AvgIpc) is 2.74. The van der Waals surface area contributed by atoms with Crippen molar-refractivity contribution in [2.45, 2.75) is 33.6 Å². The maximum atomic E-state index is 13.0. The normalized spacial score (nSPS) is 14.4. The molecule has 0 radical (unpaired) electrons. The minimum absolute atomic E-state index is 0.0502. The van der Waals surface area contributed by atoms with Gasteiger partial charge in [0.25, 0.3) is 0 Å². The summed E-state index contributed by atoms with van der Waals surface area (Å²) in [6.07, 6.45) is 1.16. The lowest BCUT2D eigenvalue weighted by Gasteiger charge is -2.30. The molecule has 1 aliphatic rings. The summed E-state index contributed by atoms with van der Waals surface area (Å²) >= 11 is 0. The largest absolute Gasteiger partial charge is 0.497 e. The van der Waals surface area contributed by atoms with Gasteiger partial charge in [0.1, 0.15) is 17.3 Å². The van der Waals surface area contributed by atoms with E-state index >= 15 is 0 Å². The van der Waals surface area contributed by atoms with Crippen molar-refractivity contribution in [3.63, 3.8) is 0 Å². The van der Waals surface area contributed by atoms with Crippen LogP contribution in [0.4, 0.5) is 23.1 Å². The molecular weight excluding hydrogens is 404 g/mol. The molecule has 32 heavy (non-hydrogen) atoms. The fourth-order valence-corrected chi connectivity index (χ4v) is 3.88. The molecule has 7 nitrogen and oxygen atoms in total. The van der Waals surface area contributed by atoms with Crippen molar-refractivity contribution < 1.29 is 14.3 Å². The Morgan fingerprint density at radius 1 is 0.969 bits per heavy atom. The van der Waals surface area contributed by atoms with Gasteiger partial charge in [0, 0.05) is 23.9 Å². The topological polar surface area (TPSA) is 85.4 Å². The van der Waals surface area contributed by atoms with Gasteiger partial charge >= 0.3 is 0 Å². The fraction of sp³-hybridized carbons (Fsp3) is 0.320. The highest BCUT2D eigenvalue weighted by molar-refractivity contribution is 6.03. The Labute approximate surface area is 188 Å². The predicted octanol–water partition coefficient (Wildman–Crippen LogP) is 5.53. The van der Waals surface area contributed by atoms with Gasteiger partial charge in [0.15, 0.2) is 5.78 Å². The number of Topliss-reactive ketones (excluding diaryl/α,β-unsaturated/α-hetero) is 1. The Balaban J connectivity index is 1.71. The van der Waals surface area contributed by atoms with Crippen LogP contribution in [0.25, 0.3) is 0 Å². The molecule has 1 aromatic heterocycles. The van der Waals surface area contributed by atoms with E-state index < -0.39 is 0 Å². The van der Waals surface area contributed by atoms with Crippen LogP contribution in [-0.4, -0.2) is 29.5 Å². The molecule has 1 heterocycles. The van der Waals surface area contributed by atoms with Gasteiger partial charge < -0.3 is 20.1 Å². The third kappa shape index (κ3) is 4.82. The molecule has 0 amide bonds. The Morgan fingerprint density at radius 3 is 2.47 bits per heavy atom. The highest BCUT2D eigenvalue weighted by Crippen LogP contribution is 2.38. The number of carbonyl (C=O) groups is 1. The van der Waals surface area contributed by atoms with Crippen LogP contribution in [-0.2, 0) is 6.42 Å². The molecule has 4 rings (SSSR count). The number of methoxy groups -OCH3 is 1. The second-order valence-electron chi connectivity index (χ2n) is 8.60. The first kappa shape index (κ1) is 21.6. The van der Waals surface area contributed by atoms with Gasteiger partial charge in [-0.25, -0.2) is 4.98 Å². The number of aromatic nitrogens is 2. The molecule has 0 aliphatic heterocycles. The maximum absolute atomic E-state index is 13.0. The lowest BCUT2D eigenvalue weighted by Crippen LogP contribution is -2.29. The van der Waals surface area contributed by atoms with E-state index in [0.29, 0.717) is 36.8 Å². The summed E-state index contributed by atoms with van der Waals surface area (Å²) in [5, 5.41) is 6.57. The molecule has 1 aliphatic carbocycles. The third-order valence-corrected chi connectivity index (χ3v) is 5.30. The maximum Gasteiger partial charge on any atom is 0.229 e. The van der Waals surface area contributed by atoms with E-state index in [4.69, 9.17) is 14.5 Å². The highest BCUT2D eigenvalue weighted by Gasteiger charge is 2.35. The van der Waals surface area contributed by atoms with Gasteiger partial charge in [-0.05, 0) is 55.2 Å². The molecule has 2 aromatic carbocycles. The van der Waals surface area contributed by atoms with Gasteiger partial charge in [-0.1, -0.05) is 19.9 Å². The molecule has 0 saturated carbocycles. The summed E-state index contributed by atoms with van der Waals surface area (Å²) in [6, 6.07) is 15.2. The molecule has 0 unspecified atom stereocenters. The van der Waals surface area contributed by atoms with Crippen LogP contribution >= 0.6 is 0 Å². The molecule has 0 saturated heterocycles. The van der Waals surface area contributed by atoms with Crippen molar-refractivity contribution >= 4 is 28.9 Å². The van der Waals surface area contributed by atoms with Gasteiger partial charge in [0.05, 0.1) is 25.0 Å². The molecule has 0 spiro atoms. The molecule has 0 fully saturated rings. The van der Waals surface area contributed by atoms with Crippen molar-refractivity contribution in [2.75, 3.05) is 24.4 Å². The minimum atomic E-state index is -0.151. The zero-order valence-electron chi connectivity index (χ0n) is 18.9. The number of ether oxygens (including phenoxy) is 2. The van der Waals surface area contributed by atoms with Crippen LogP contribution < -0.4 is 20.1 Å². The number of nitrogens with one attached hydrogen (secondary N) is 2. The van der Waals surface area contributed by atoms with Crippen LogP contribution in [0.15, 0.2) is 48.5 Å². The Hall–Kier alpha value is -3.61. The van der Waals surface area contributed by atoms with Crippen LogP contribution in [0, 0.1) is 5.41 Å². The van der Waals surface area contributed by atoms with Crippen molar-refractivity contribution in [1.29, 1.82) is 0 Å². The number of hydrogen-bond donors (Lipinski definition) is 2. The van der Waals surface area contributed by atoms with E-state index in [1.807, 2.05) is 55.5 Å². The SMILES string of the molecule is CCOc1ccc(Nc2nc3c(c(Nc4cccc(OC)c4)n2)C(=O)CC(C)(C)C3)cc1. The van der Waals surface area contributed by atoms with E-state index in [0.717, 1.165) is 28.6 Å². The number of carbonyl (C=O) groups excluding carboxylic acids is 1. The summed E-state index contributed by atoms with van der Waals surface area (Å²) < 4.78 is 10.8. The van der Waals surface area contributed by atoms with Crippen molar-refractivity contribution in [2.24, 2.45) is 5.41 Å². The zero-order valence-corrected chi connectivity index (χ0v) is 18.9. The smallest absolute Gasteiger partial charge is 0.229 e. The molecule has 3 aromatic rings. The standard InChI is InChI=1S/C25H28N4O3/c1-5-32-18-11-9-16(10-12-18)27-24-28-20-14-25(2,3)15-21(30)22(20)23(29-24)26-17-7-6-8-19(13-17)31-4/h6-13H,5,14-15H2,1-4H3,(H2,26,27,28,29). The summed E-state index contributed by atoms with van der Waals surface area (Å²) in [6.45, 7) is 6.74. The van der Waals surface area contributed by atoms with E-state index in [2.05, 4.69) is 29.5 Å². The number of benzene rings is 2. The zero-order chi connectivity index (χ0) is 22.7. The number of ketones is 1. The van der Waals surface area contributed by atoms with Gasteiger partial charge in [0.2, 0.25) is 5.95 Å². The lowest BCUT2D eigenvalue weighted by atomic mass is 9.75. The Kier molecular flexibility index (Phi) is 5.99. The van der Waals surface area contributed by atoms with Gasteiger partial charge in [-0.3, -0.25) is 4.79 Å². The molecule has 7 heteroatoms. The monoisotopic (exact) mass is 432 g/mol. The molecule has 0 bridgehead atoms. The Bertz CT molecular complexity index is 1130. The van der Waals surface area contributed by atoms with Crippen LogP contribution in [0.3, 0.4) is 0 Å². The molecule has 166 valence electrons. The van der Waals surface area contributed by atoms with Crippen LogP contribution in [0.5, 0.6) is 11.5 Å². The second kappa shape index (κ2) is 8.86. The second-order valence-corrected chi connectivity index (χ2v) is 8.60. The number of anilines is 4. The van der Waals surface area contributed by atoms with E-state index in [-0.39, 0.29) is 11.2 Å². The minimum Gasteiger partial charge on any atom is -0.497 e. The first-order valence-corrected chi connectivity index (χ1v) is 10.7. The average molecular weight is 433 g/mol. The van der Waals surface area contributed by atoms with Crippen molar-refractivity contribution in [3.8, 4) is 11.5 Å².